The molecule has 3 aliphatic heterocycles. The van der Waals surface area contributed by atoms with Crippen molar-refractivity contribution >= 4 is 34.6 Å². The highest BCUT2D eigenvalue weighted by Crippen LogP contribution is 2.45. The number of nitrogens with one attached hydrogen (secondary N) is 1. The number of carbonyl (C=O) groups excluding carboxylic acids is 2. The van der Waals surface area contributed by atoms with Gasteiger partial charge in [-0.1, -0.05) is 0 Å². The summed E-state index contributed by atoms with van der Waals surface area (Å²) in [7, 11) is 1.57. The second kappa shape index (κ2) is 8.12. The highest BCUT2D eigenvalue weighted by Gasteiger charge is 2.41. The van der Waals surface area contributed by atoms with Gasteiger partial charge in [0.25, 0.3) is 0 Å². The fourth-order valence-corrected chi connectivity index (χ4v) is 5.59. The summed E-state index contributed by atoms with van der Waals surface area (Å²) >= 11 is 0. The van der Waals surface area contributed by atoms with Gasteiger partial charge >= 0.3 is 11.9 Å². The highest BCUT2D eigenvalue weighted by molar-refractivity contribution is 6.31. The number of nitrogens with zero attached hydrogens (tertiary/aromatic N) is 5. The molecular formula is C24H27N7O4. The second-order valence-electron chi connectivity index (χ2n) is 9.36. The molecule has 3 unspecified atom stereocenters. The summed E-state index contributed by atoms with van der Waals surface area (Å²) in [6, 6.07) is 6.81. The van der Waals surface area contributed by atoms with Crippen LogP contribution in [0.5, 0.6) is 5.75 Å². The van der Waals surface area contributed by atoms with Gasteiger partial charge in [-0.3, -0.25) is 9.69 Å². The number of piperazine rings is 1. The van der Waals surface area contributed by atoms with Crippen LogP contribution in [0.1, 0.15) is 24.1 Å². The maximum absolute atomic E-state index is 12.3. The normalized spacial score (nSPS) is 23.0. The molecule has 0 aromatic carbocycles. The third kappa shape index (κ3) is 3.63. The van der Waals surface area contributed by atoms with Crippen LogP contribution in [0.3, 0.4) is 0 Å². The molecule has 1 amide bonds. The van der Waals surface area contributed by atoms with E-state index >= 15 is 0 Å². The van der Waals surface area contributed by atoms with Crippen molar-refractivity contribution in [1.82, 2.24) is 19.9 Å². The van der Waals surface area contributed by atoms with E-state index in [1.54, 1.807) is 24.0 Å². The number of aromatic nitrogens is 3. The first-order chi connectivity index (χ1) is 16.9. The van der Waals surface area contributed by atoms with Gasteiger partial charge in [-0.05, 0) is 38.0 Å². The molecule has 3 N–H and O–H groups in total. The van der Waals surface area contributed by atoms with Gasteiger partial charge in [0, 0.05) is 49.0 Å². The average Bonchev–Trinajstić information content (AvgIpc) is 3.50. The van der Waals surface area contributed by atoms with Crippen molar-refractivity contribution < 1.29 is 19.1 Å². The average molecular weight is 478 g/mol. The van der Waals surface area contributed by atoms with Crippen LogP contribution in [0, 0.1) is 6.92 Å². The molecule has 0 radical (unpaired) electrons. The van der Waals surface area contributed by atoms with Crippen molar-refractivity contribution in [3.63, 3.8) is 0 Å². The first-order valence-corrected chi connectivity index (χ1v) is 11.7. The Kier molecular flexibility index (Phi) is 5.03. The van der Waals surface area contributed by atoms with Crippen LogP contribution in [-0.2, 0) is 20.7 Å². The molecule has 182 valence electrons. The van der Waals surface area contributed by atoms with Gasteiger partial charge in [-0.2, -0.15) is 5.10 Å². The Morgan fingerprint density at radius 2 is 1.94 bits per heavy atom. The van der Waals surface area contributed by atoms with Crippen LogP contribution in [0.4, 0.5) is 17.2 Å². The number of rotatable bonds is 4. The molecule has 35 heavy (non-hydrogen) atoms. The summed E-state index contributed by atoms with van der Waals surface area (Å²) < 4.78 is 13.0. The number of hydrogen-bond acceptors (Lipinski definition) is 9. The first-order valence-electron chi connectivity index (χ1n) is 11.7. The summed E-state index contributed by atoms with van der Waals surface area (Å²) in [4.78, 5) is 32.7. The van der Waals surface area contributed by atoms with Crippen LogP contribution in [0.2, 0.25) is 0 Å². The number of carbonyl (C=O) groups is 2. The molecule has 0 aliphatic carbocycles. The predicted octanol–water partition coefficient (Wildman–Crippen LogP) is 1.04. The predicted molar refractivity (Wildman–Crippen MR) is 128 cm³/mol. The Hall–Kier alpha value is -3.86. The van der Waals surface area contributed by atoms with E-state index in [1.165, 1.54) is 12.8 Å². The molecule has 2 fully saturated rings. The Labute approximate surface area is 201 Å². The lowest BCUT2D eigenvalue weighted by atomic mass is 10.1. The number of amides is 1. The summed E-state index contributed by atoms with van der Waals surface area (Å²) in [5, 5.41) is 8.12. The van der Waals surface area contributed by atoms with Gasteiger partial charge in [0.15, 0.2) is 12.0 Å². The van der Waals surface area contributed by atoms with Gasteiger partial charge in [0.2, 0.25) is 0 Å². The monoisotopic (exact) mass is 477 g/mol. The fourth-order valence-electron chi connectivity index (χ4n) is 5.59. The maximum atomic E-state index is 12.3. The van der Waals surface area contributed by atoms with E-state index in [2.05, 4.69) is 20.3 Å². The van der Waals surface area contributed by atoms with E-state index in [0.29, 0.717) is 35.8 Å². The van der Waals surface area contributed by atoms with E-state index in [1.807, 2.05) is 30.0 Å². The number of aryl methyl sites for hydroxylation is 1. The standard InChI is InChI=1S/C24H27N7O4/c1-13-7-16-8-19(20(34-2)12-30(16)28-13)31-21(35-24(33)22(25)32)9-17-18(5-6-26-23(17)31)29-10-14-3-4-15(11-29)27-14/h5-8,12,14-15,21,27H,3-4,9-11H2,1-2H3,(H2,25,32). The largest absolute Gasteiger partial charge is 0.493 e. The number of anilines is 3. The first kappa shape index (κ1) is 21.7. The smallest absolute Gasteiger partial charge is 0.398 e. The van der Waals surface area contributed by atoms with Crippen LogP contribution in [0.15, 0.2) is 30.6 Å². The van der Waals surface area contributed by atoms with E-state index in [9.17, 15) is 9.59 Å². The van der Waals surface area contributed by atoms with Gasteiger partial charge < -0.3 is 25.4 Å². The van der Waals surface area contributed by atoms with Gasteiger partial charge in [-0.25, -0.2) is 14.3 Å². The number of methoxy groups -OCH3 is 1. The van der Waals surface area contributed by atoms with Crippen molar-refractivity contribution in [2.45, 2.75) is 44.5 Å². The zero-order valence-electron chi connectivity index (χ0n) is 19.6. The minimum absolute atomic E-state index is 0.364. The third-order valence-electron chi connectivity index (χ3n) is 7.05. The number of nitrogens with two attached hydrogens (primary N) is 1. The summed E-state index contributed by atoms with van der Waals surface area (Å²) in [6.07, 6.45) is 5.45. The Morgan fingerprint density at radius 3 is 2.66 bits per heavy atom. The Morgan fingerprint density at radius 1 is 1.17 bits per heavy atom. The van der Waals surface area contributed by atoms with Crippen LogP contribution >= 0.6 is 0 Å². The lowest BCUT2D eigenvalue weighted by Crippen LogP contribution is -2.51. The maximum Gasteiger partial charge on any atom is 0.398 e. The molecule has 3 atom stereocenters. The number of esters is 1. The Bertz CT molecular complexity index is 1330. The number of primary amides is 1. The van der Waals surface area contributed by atoms with E-state index in [0.717, 1.165) is 35.6 Å². The number of ether oxygens (including phenoxy) is 2. The van der Waals surface area contributed by atoms with E-state index < -0.39 is 18.1 Å². The topological polar surface area (TPSA) is 127 Å². The minimum atomic E-state index is -1.14. The molecular weight excluding hydrogens is 450 g/mol. The van der Waals surface area contributed by atoms with E-state index in [-0.39, 0.29) is 0 Å². The zero-order valence-corrected chi connectivity index (χ0v) is 19.6. The SMILES string of the molecule is COc1cn2nc(C)cc2cc1N1c2nccc(N3CC4CCC(C3)N4)c2CC1OC(=O)C(N)=O. The van der Waals surface area contributed by atoms with Crippen molar-refractivity contribution in [1.29, 1.82) is 0 Å². The van der Waals surface area contributed by atoms with Gasteiger partial charge in [-0.15, -0.1) is 0 Å². The van der Waals surface area contributed by atoms with Crippen LogP contribution in [-0.4, -0.2) is 65.0 Å². The molecule has 0 spiro atoms. The van der Waals surface area contributed by atoms with Crippen LogP contribution in [0.25, 0.3) is 5.52 Å². The lowest BCUT2D eigenvalue weighted by Gasteiger charge is -2.35. The van der Waals surface area contributed by atoms with Crippen molar-refractivity contribution in [2.75, 3.05) is 30.0 Å². The number of fused-ring (bicyclic) bond motifs is 4. The summed E-state index contributed by atoms with van der Waals surface area (Å²) in [5.74, 6) is -1.04. The Balaban J connectivity index is 1.47. The molecule has 11 nitrogen and oxygen atoms in total. The van der Waals surface area contributed by atoms with Gasteiger partial charge in [0.05, 0.1) is 30.2 Å². The van der Waals surface area contributed by atoms with Crippen molar-refractivity contribution in [2.24, 2.45) is 5.73 Å². The van der Waals surface area contributed by atoms with E-state index in [4.69, 9.17) is 15.2 Å². The minimum Gasteiger partial charge on any atom is -0.493 e. The molecule has 6 rings (SSSR count). The zero-order chi connectivity index (χ0) is 24.3. The molecule has 3 aromatic rings. The third-order valence-corrected chi connectivity index (χ3v) is 7.05. The fraction of sp³-hybridized carbons (Fsp3) is 0.417. The summed E-state index contributed by atoms with van der Waals surface area (Å²) in [6.45, 7) is 3.72. The number of hydrogen-bond donors (Lipinski definition) is 2. The molecule has 2 bridgehead atoms. The van der Waals surface area contributed by atoms with Crippen molar-refractivity contribution in [3.8, 4) is 5.75 Å². The number of pyridine rings is 2. The summed E-state index contributed by atoms with van der Waals surface area (Å²) in [5.41, 5.74) is 9.61. The van der Waals surface area contributed by atoms with Crippen LogP contribution < -0.4 is 25.6 Å². The quantitative estimate of drug-likeness (QED) is 0.418. The molecule has 3 aromatic heterocycles. The van der Waals surface area contributed by atoms with Gasteiger partial charge in [0.1, 0.15) is 5.82 Å². The second-order valence-corrected chi connectivity index (χ2v) is 9.36. The molecule has 2 saturated heterocycles. The molecule has 11 heteroatoms. The highest BCUT2D eigenvalue weighted by atomic mass is 16.6. The lowest BCUT2D eigenvalue weighted by molar-refractivity contribution is -0.157. The molecule has 0 saturated carbocycles. The molecule has 3 aliphatic rings. The van der Waals surface area contributed by atoms with Crippen molar-refractivity contribution in [3.05, 3.63) is 41.9 Å². The molecule has 6 heterocycles.